The molecule has 1 heterocycles. The fourth-order valence-corrected chi connectivity index (χ4v) is 2.88. The number of thiocarbonyl (C=S) groups is 1. The van der Waals surface area contributed by atoms with E-state index in [0.717, 1.165) is 38.5 Å². The van der Waals surface area contributed by atoms with Crippen molar-refractivity contribution < 1.29 is 9.32 Å². The Labute approximate surface area is 117 Å². The Bertz CT molecular complexity index is 437. The number of hydrogen-bond acceptors (Lipinski definition) is 4. The first-order chi connectivity index (χ1) is 9.15. The summed E-state index contributed by atoms with van der Waals surface area (Å²) in [5.41, 5.74) is 5.87. The molecule has 1 fully saturated rings. The molecule has 5 nitrogen and oxygen atoms in total. The Balaban J connectivity index is 2.05. The second-order valence-corrected chi connectivity index (χ2v) is 5.47. The number of aromatic nitrogens is 1. The van der Waals surface area contributed by atoms with Crippen molar-refractivity contribution >= 4 is 23.1 Å². The van der Waals surface area contributed by atoms with Crippen LogP contribution in [-0.4, -0.2) is 16.1 Å². The normalized spacial score (nSPS) is 18.5. The van der Waals surface area contributed by atoms with Gasteiger partial charge in [0.15, 0.2) is 0 Å². The summed E-state index contributed by atoms with van der Waals surface area (Å²) in [4.78, 5) is 12.8. The van der Waals surface area contributed by atoms with Gasteiger partial charge in [-0.25, -0.2) is 0 Å². The molecule has 104 valence electrons. The summed E-state index contributed by atoms with van der Waals surface area (Å²) in [6, 6.07) is 1.72. The highest BCUT2D eigenvalue weighted by atomic mass is 32.1. The van der Waals surface area contributed by atoms with E-state index in [1.807, 2.05) is 0 Å². The van der Waals surface area contributed by atoms with Crippen molar-refractivity contribution in [3.05, 3.63) is 18.0 Å². The summed E-state index contributed by atoms with van der Waals surface area (Å²) >= 11 is 5.16. The van der Waals surface area contributed by atoms with Crippen LogP contribution >= 0.6 is 12.2 Å². The average molecular weight is 281 g/mol. The van der Waals surface area contributed by atoms with Crippen LogP contribution in [0.1, 0.15) is 44.2 Å². The smallest absolute Gasteiger partial charge is 0.233 e. The molecule has 0 aromatic carbocycles. The van der Waals surface area contributed by atoms with E-state index in [9.17, 15) is 4.79 Å². The second-order valence-electron chi connectivity index (χ2n) is 5.03. The predicted molar refractivity (Wildman–Crippen MR) is 75.3 cm³/mol. The highest BCUT2D eigenvalue weighted by molar-refractivity contribution is 7.80. The Kier molecular flexibility index (Phi) is 4.52. The average Bonchev–Trinajstić information content (AvgIpc) is 2.78. The van der Waals surface area contributed by atoms with Crippen LogP contribution in [-0.2, 0) is 11.3 Å². The van der Waals surface area contributed by atoms with Crippen molar-refractivity contribution in [3.63, 3.8) is 0 Å². The monoisotopic (exact) mass is 281 g/mol. The topological polar surface area (TPSA) is 81.2 Å². The van der Waals surface area contributed by atoms with Crippen LogP contribution in [0.25, 0.3) is 0 Å². The number of carbonyl (C=O) groups excluding carboxylic acids is 1. The van der Waals surface area contributed by atoms with E-state index < -0.39 is 5.41 Å². The zero-order chi connectivity index (χ0) is 13.7. The number of carbonyl (C=O) groups is 1. The number of nitrogens with zero attached hydrogens (tertiary/aromatic N) is 1. The van der Waals surface area contributed by atoms with E-state index in [4.69, 9.17) is 22.5 Å². The molecular formula is C13H19N3O2S. The van der Waals surface area contributed by atoms with E-state index in [0.29, 0.717) is 17.2 Å². The molecule has 2 rings (SSSR count). The zero-order valence-electron chi connectivity index (χ0n) is 10.9. The first-order valence-corrected chi connectivity index (χ1v) is 7.03. The molecule has 0 atom stereocenters. The maximum absolute atomic E-state index is 12.5. The van der Waals surface area contributed by atoms with Gasteiger partial charge in [0, 0.05) is 6.07 Å². The summed E-state index contributed by atoms with van der Waals surface area (Å²) in [6.45, 7) is 0.347. The van der Waals surface area contributed by atoms with Crippen molar-refractivity contribution in [3.8, 4) is 0 Å². The largest absolute Gasteiger partial charge is 0.392 e. The SMILES string of the molecule is NC(=S)C1(C(=O)NCc2ccon2)CCCCCC1. The molecule has 0 unspecified atom stereocenters. The third kappa shape index (κ3) is 3.12. The molecule has 3 N–H and O–H groups in total. The lowest BCUT2D eigenvalue weighted by atomic mass is 9.79. The van der Waals surface area contributed by atoms with Gasteiger partial charge in [0.2, 0.25) is 5.91 Å². The molecule has 0 bridgehead atoms. The molecule has 6 heteroatoms. The first-order valence-electron chi connectivity index (χ1n) is 6.63. The Morgan fingerprint density at radius 2 is 2.11 bits per heavy atom. The van der Waals surface area contributed by atoms with Crippen molar-refractivity contribution in [1.82, 2.24) is 10.5 Å². The van der Waals surface area contributed by atoms with Gasteiger partial charge < -0.3 is 15.6 Å². The van der Waals surface area contributed by atoms with Crippen LogP contribution in [0, 0.1) is 5.41 Å². The van der Waals surface area contributed by atoms with Crippen molar-refractivity contribution in [2.45, 2.75) is 45.1 Å². The Hall–Kier alpha value is -1.43. The van der Waals surface area contributed by atoms with E-state index in [2.05, 4.69) is 10.5 Å². The number of nitrogens with two attached hydrogens (primary N) is 1. The lowest BCUT2D eigenvalue weighted by molar-refractivity contribution is -0.128. The van der Waals surface area contributed by atoms with Gasteiger partial charge in [-0.2, -0.15) is 0 Å². The van der Waals surface area contributed by atoms with Crippen molar-refractivity contribution in [2.24, 2.45) is 11.1 Å². The Morgan fingerprint density at radius 3 is 2.63 bits per heavy atom. The highest BCUT2D eigenvalue weighted by Crippen LogP contribution is 2.35. The van der Waals surface area contributed by atoms with Crippen LogP contribution in [0.3, 0.4) is 0 Å². The van der Waals surface area contributed by atoms with E-state index in [-0.39, 0.29) is 5.91 Å². The number of nitrogens with one attached hydrogen (secondary N) is 1. The van der Waals surface area contributed by atoms with Crippen molar-refractivity contribution in [1.29, 1.82) is 0 Å². The van der Waals surface area contributed by atoms with Gasteiger partial charge in [0.05, 0.1) is 16.9 Å². The van der Waals surface area contributed by atoms with Gasteiger partial charge in [0.1, 0.15) is 12.0 Å². The van der Waals surface area contributed by atoms with Crippen LogP contribution in [0.2, 0.25) is 0 Å². The summed E-state index contributed by atoms with van der Waals surface area (Å²) in [5, 5.41) is 6.64. The lowest BCUT2D eigenvalue weighted by Crippen LogP contribution is -2.48. The maximum Gasteiger partial charge on any atom is 0.233 e. The Morgan fingerprint density at radius 1 is 1.42 bits per heavy atom. The minimum Gasteiger partial charge on any atom is -0.392 e. The molecule has 1 aromatic heterocycles. The minimum absolute atomic E-state index is 0.0788. The number of amides is 1. The van der Waals surface area contributed by atoms with Gasteiger partial charge in [0.25, 0.3) is 0 Å². The van der Waals surface area contributed by atoms with E-state index in [1.165, 1.54) is 6.26 Å². The fourth-order valence-electron chi connectivity index (χ4n) is 2.59. The standard InChI is InChI=1S/C13H19N3O2S/c14-11(19)13(6-3-1-2-4-7-13)12(17)15-9-10-5-8-18-16-10/h5,8H,1-4,6-7,9H2,(H2,14,19)(H,15,17). The summed E-state index contributed by atoms with van der Waals surface area (Å²) in [6.07, 6.45) is 7.24. The van der Waals surface area contributed by atoms with Gasteiger partial charge in [-0.15, -0.1) is 0 Å². The minimum atomic E-state index is -0.685. The number of hydrogen-bond donors (Lipinski definition) is 2. The molecule has 1 amide bonds. The fraction of sp³-hybridized carbons (Fsp3) is 0.615. The molecule has 1 aromatic rings. The van der Waals surface area contributed by atoms with Gasteiger partial charge in [-0.3, -0.25) is 4.79 Å². The van der Waals surface area contributed by atoms with Crippen LogP contribution in [0.15, 0.2) is 16.9 Å². The number of rotatable bonds is 4. The summed E-state index contributed by atoms with van der Waals surface area (Å²) in [5.74, 6) is -0.0788. The molecule has 0 spiro atoms. The maximum atomic E-state index is 12.5. The predicted octanol–water partition coefficient (Wildman–Crippen LogP) is 1.92. The third-order valence-electron chi connectivity index (χ3n) is 3.78. The molecular weight excluding hydrogens is 262 g/mol. The first kappa shape index (κ1) is 14.0. The van der Waals surface area contributed by atoms with Gasteiger partial charge >= 0.3 is 0 Å². The lowest BCUT2D eigenvalue weighted by Gasteiger charge is -2.30. The zero-order valence-corrected chi connectivity index (χ0v) is 11.7. The summed E-state index contributed by atoms with van der Waals surface area (Å²) < 4.78 is 4.73. The molecule has 0 radical (unpaired) electrons. The quantitative estimate of drug-likeness (QED) is 0.651. The molecule has 19 heavy (non-hydrogen) atoms. The third-order valence-corrected chi connectivity index (χ3v) is 4.18. The molecule has 0 saturated heterocycles. The van der Waals surface area contributed by atoms with Crippen molar-refractivity contribution in [2.75, 3.05) is 0 Å². The van der Waals surface area contributed by atoms with E-state index >= 15 is 0 Å². The second kappa shape index (κ2) is 6.14. The van der Waals surface area contributed by atoms with E-state index in [1.54, 1.807) is 6.07 Å². The summed E-state index contributed by atoms with van der Waals surface area (Å²) in [7, 11) is 0. The van der Waals surface area contributed by atoms with Gasteiger partial charge in [-0.05, 0) is 12.8 Å². The molecule has 0 aliphatic heterocycles. The van der Waals surface area contributed by atoms with Crippen LogP contribution < -0.4 is 11.1 Å². The van der Waals surface area contributed by atoms with Gasteiger partial charge in [-0.1, -0.05) is 43.1 Å². The molecule has 1 saturated carbocycles. The molecule has 1 aliphatic carbocycles. The van der Waals surface area contributed by atoms with Crippen LogP contribution in [0.5, 0.6) is 0 Å². The molecule has 1 aliphatic rings. The van der Waals surface area contributed by atoms with Crippen LogP contribution in [0.4, 0.5) is 0 Å². The highest BCUT2D eigenvalue weighted by Gasteiger charge is 2.41.